The molecule has 1 unspecified atom stereocenters. The molecule has 1 saturated heterocycles. The van der Waals surface area contributed by atoms with Gasteiger partial charge in [-0.15, -0.1) is 0 Å². The number of carbonyl (C=O) groups is 1. The molecule has 5 fully saturated rings. The van der Waals surface area contributed by atoms with E-state index in [1.54, 1.807) is 0 Å². The minimum Gasteiger partial charge on any atom is -0.370 e. The van der Waals surface area contributed by atoms with Crippen LogP contribution in [0.25, 0.3) is 0 Å². The Morgan fingerprint density at radius 3 is 2.40 bits per heavy atom. The highest BCUT2D eigenvalue weighted by Crippen LogP contribution is 2.59. The van der Waals surface area contributed by atoms with Crippen LogP contribution in [0.2, 0.25) is 0 Å². The molecule has 4 aliphatic carbocycles. The third-order valence-electron chi connectivity index (χ3n) is 7.31. The molecule has 5 aliphatic rings. The number of nitrogens with zero attached hydrogens (tertiary/aromatic N) is 2. The molecule has 0 spiro atoms. The van der Waals surface area contributed by atoms with E-state index >= 15 is 0 Å². The smallest absolute Gasteiger partial charge is 0.217 e. The minimum absolute atomic E-state index is 0.177. The van der Waals surface area contributed by atoms with Crippen molar-refractivity contribution in [1.29, 1.82) is 0 Å². The first-order chi connectivity index (χ1) is 12.0. The summed E-state index contributed by atoms with van der Waals surface area (Å²) < 4.78 is 0. The summed E-state index contributed by atoms with van der Waals surface area (Å²) in [4.78, 5) is 18.2. The number of aliphatic imine (C=N–C) groups is 1. The predicted molar refractivity (Wildman–Crippen MR) is 100 cm³/mol. The van der Waals surface area contributed by atoms with Crippen molar-refractivity contribution in [2.45, 2.75) is 57.8 Å². The maximum atomic E-state index is 11.3. The molecule has 0 aromatic rings. The van der Waals surface area contributed by atoms with Gasteiger partial charge in [-0.25, -0.2) is 0 Å². The number of likely N-dealkylation sites (tertiary alicyclic amines) is 1. The van der Waals surface area contributed by atoms with Crippen LogP contribution in [0.5, 0.6) is 0 Å². The highest BCUT2D eigenvalue weighted by atomic mass is 16.1. The largest absolute Gasteiger partial charge is 0.370 e. The molecule has 0 radical (unpaired) electrons. The van der Waals surface area contributed by atoms with Crippen LogP contribution in [0, 0.1) is 29.1 Å². The van der Waals surface area contributed by atoms with Gasteiger partial charge in [0.05, 0.1) is 0 Å². The van der Waals surface area contributed by atoms with E-state index in [1.807, 2.05) is 7.05 Å². The number of amides is 1. The zero-order valence-corrected chi connectivity index (χ0v) is 15.7. The van der Waals surface area contributed by atoms with E-state index in [9.17, 15) is 4.79 Å². The molecule has 1 aliphatic heterocycles. The second kappa shape index (κ2) is 6.81. The molecule has 5 nitrogen and oxygen atoms in total. The molecular weight excluding hydrogens is 312 g/mol. The van der Waals surface area contributed by atoms with Crippen molar-refractivity contribution >= 4 is 11.9 Å². The Morgan fingerprint density at radius 1 is 1.20 bits per heavy atom. The maximum absolute atomic E-state index is 11.3. The monoisotopic (exact) mass is 346 g/mol. The second-order valence-corrected chi connectivity index (χ2v) is 9.44. The van der Waals surface area contributed by atoms with E-state index in [0.717, 1.165) is 56.2 Å². The van der Waals surface area contributed by atoms with Crippen molar-refractivity contribution in [1.82, 2.24) is 10.2 Å². The first-order valence-electron chi connectivity index (χ1n) is 10.3. The lowest BCUT2D eigenvalue weighted by Gasteiger charge is -2.57. The third-order valence-corrected chi connectivity index (χ3v) is 7.31. The molecule has 1 heterocycles. The predicted octanol–water partition coefficient (Wildman–Crippen LogP) is 2.37. The number of hydrogen-bond donors (Lipinski definition) is 2. The Morgan fingerprint density at radius 2 is 1.84 bits per heavy atom. The fourth-order valence-corrected chi connectivity index (χ4v) is 6.81. The second-order valence-electron chi connectivity index (χ2n) is 9.44. The average molecular weight is 347 g/mol. The lowest BCUT2D eigenvalue weighted by molar-refractivity contribution is -0.119. The summed E-state index contributed by atoms with van der Waals surface area (Å²) in [5, 5.41) is 3.73. The summed E-state index contributed by atoms with van der Waals surface area (Å²) >= 11 is 0. The lowest BCUT2D eigenvalue weighted by atomic mass is 9.49. The quantitative estimate of drug-likeness (QED) is 0.606. The standard InChI is InChI=1S/C20H34N4O/c1-22-19(24-4-2-3-14(12-24)8-18(21)25)23-13-20-9-15-5-16(10-20)7-17(6-15)11-20/h14-17H,2-13H2,1H3,(H2,21,25)(H,22,23). The molecule has 140 valence electrons. The number of rotatable bonds is 4. The van der Waals surface area contributed by atoms with Crippen molar-refractivity contribution in [3.05, 3.63) is 0 Å². The van der Waals surface area contributed by atoms with Crippen LogP contribution in [-0.4, -0.2) is 43.4 Å². The Balaban J connectivity index is 1.35. The number of guanidine groups is 1. The van der Waals surface area contributed by atoms with Gasteiger partial charge in [-0.1, -0.05) is 0 Å². The average Bonchev–Trinajstić information content (AvgIpc) is 2.54. The van der Waals surface area contributed by atoms with Gasteiger partial charge in [-0.2, -0.15) is 0 Å². The zero-order valence-electron chi connectivity index (χ0n) is 15.7. The summed E-state index contributed by atoms with van der Waals surface area (Å²) in [7, 11) is 1.89. The molecule has 4 saturated carbocycles. The summed E-state index contributed by atoms with van der Waals surface area (Å²) in [6, 6.07) is 0. The van der Waals surface area contributed by atoms with E-state index in [2.05, 4.69) is 15.2 Å². The summed E-state index contributed by atoms with van der Waals surface area (Å²) in [6.45, 7) is 3.03. The molecule has 1 amide bonds. The van der Waals surface area contributed by atoms with Gasteiger partial charge in [-0.05, 0) is 80.5 Å². The Hall–Kier alpha value is -1.26. The summed E-state index contributed by atoms with van der Waals surface area (Å²) in [6.07, 6.45) is 11.5. The zero-order chi connectivity index (χ0) is 17.4. The van der Waals surface area contributed by atoms with Gasteiger partial charge in [0.1, 0.15) is 0 Å². The first kappa shape index (κ1) is 17.2. The molecule has 4 bridgehead atoms. The van der Waals surface area contributed by atoms with Gasteiger partial charge in [0, 0.05) is 33.1 Å². The maximum Gasteiger partial charge on any atom is 0.217 e. The van der Waals surface area contributed by atoms with Crippen LogP contribution in [0.15, 0.2) is 4.99 Å². The number of hydrogen-bond acceptors (Lipinski definition) is 2. The van der Waals surface area contributed by atoms with Crippen molar-refractivity contribution in [3.63, 3.8) is 0 Å². The highest BCUT2D eigenvalue weighted by Gasteiger charge is 2.50. The van der Waals surface area contributed by atoms with E-state index in [4.69, 9.17) is 5.73 Å². The molecule has 25 heavy (non-hydrogen) atoms. The molecule has 5 heteroatoms. The van der Waals surface area contributed by atoms with E-state index < -0.39 is 0 Å². The van der Waals surface area contributed by atoms with Crippen LogP contribution in [-0.2, 0) is 4.79 Å². The van der Waals surface area contributed by atoms with Crippen LogP contribution in [0.1, 0.15) is 57.8 Å². The summed E-state index contributed by atoms with van der Waals surface area (Å²) in [5.41, 5.74) is 5.92. The normalized spacial score (nSPS) is 40.4. The van der Waals surface area contributed by atoms with E-state index in [0.29, 0.717) is 17.8 Å². The fourth-order valence-electron chi connectivity index (χ4n) is 6.81. The number of carbonyl (C=O) groups excluding carboxylic acids is 1. The lowest BCUT2D eigenvalue weighted by Crippen LogP contribution is -2.54. The summed E-state index contributed by atoms with van der Waals surface area (Å²) in [5.74, 6) is 4.21. The van der Waals surface area contributed by atoms with Gasteiger partial charge in [0.15, 0.2) is 5.96 Å². The van der Waals surface area contributed by atoms with Crippen molar-refractivity contribution < 1.29 is 4.79 Å². The first-order valence-corrected chi connectivity index (χ1v) is 10.3. The number of piperidine rings is 1. The van der Waals surface area contributed by atoms with Crippen LogP contribution >= 0.6 is 0 Å². The number of nitrogens with one attached hydrogen (secondary N) is 1. The van der Waals surface area contributed by atoms with E-state index in [1.165, 1.54) is 38.5 Å². The Kier molecular flexibility index (Phi) is 4.67. The van der Waals surface area contributed by atoms with Crippen LogP contribution in [0.3, 0.4) is 0 Å². The van der Waals surface area contributed by atoms with Gasteiger partial charge in [-0.3, -0.25) is 9.79 Å². The van der Waals surface area contributed by atoms with Gasteiger partial charge < -0.3 is 16.0 Å². The molecule has 1 atom stereocenters. The topological polar surface area (TPSA) is 70.7 Å². The number of primary amides is 1. The van der Waals surface area contributed by atoms with Crippen LogP contribution < -0.4 is 11.1 Å². The third kappa shape index (κ3) is 3.65. The van der Waals surface area contributed by atoms with Crippen molar-refractivity contribution in [2.75, 3.05) is 26.7 Å². The van der Waals surface area contributed by atoms with Crippen molar-refractivity contribution in [2.24, 2.45) is 39.8 Å². The molecular formula is C20H34N4O. The molecule has 5 rings (SSSR count). The van der Waals surface area contributed by atoms with Gasteiger partial charge >= 0.3 is 0 Å². The minimum atomic E-state index is -0.177. The van der Waals surface area contributed by atoms with Gasteiger partial charge in [0.2, 0.25) is 5.91 Å². The fraction of sp³-hybridized carbons (Fsp3) is 0.900. The number of nitrogens with two attached hydrogens (primary N) is 1. The van der Waals surface area contributed by atoms with Crippen molar-refractivity contribution in [3.8, 4) is 0 Å². The molecule has 3 N–H and O–H groups in total. The van der Waals surface area contributed by atoms with Crippen LogP contribution in [0.4, 0.5) is 0 Å². The van der Waals surface area contributed by atoms with Gasteiger partial charge in [0.25, 0.3) is 0 Å². The Bertz CT molecular complexity index is 509. The Labute approximate surface area is 151 Å². The SMILES string of the molecule is CN=C(NCC12CC3CC(CC(C3)C1)C2)N1CCCC(CC(N)=O)C1. The highest BCUT2D eigenvalue weighted by molar-refractivity contribution is 5.80. The molecule has 0 aromatic heterocycles. The van der Waals surface area contributed by atoms with E-state index in [-0.39, 0.29) is 5.91 Å². The molecule has 0 aromatic carbocycles.